The van der Waals surface area contributed by atoms with Gasteiger partial charge in [-0.3, -0.25) is 0 Å². The highest BCUT2D eigenvalue weighted by Crippen LogP contribution is 2.50. The van der Waals surface area contributed by atoms with E-state index in [0.717, 1.165) is 6.42 Å². The minimum atomic E-state index is 0.513. The SMILES string of the molecule is C[C@@H]1c2cccc3c2N(CCC3)[C@H](Cc2ccccc2)[C@H]1c1ccccc1. The topological polar surface area (TPSA) is 3.24 Å². The quantitative estimate of drug-likeness (QED) is 0.562. The van der Waals surface area contributed by atoms with Gasteiger partial charge in [-0.25, -0.2) is 0 Å². The Morgan fingerprint density at radius 3 is 2.37 bits per heavy atom. The highest BCUT2D eigenvalue weighted by molar-refractivity contribution is 5.66. The van der Waals surface area contributed by atoms with Crippen molar-refractivity contribution in [2.75, 3.05) is 11.4 Å². The van der Waals surface area contributed by atoms with Crippen LogP contribution in [-0.4, -0.2) is 12.6 Å². The first-order chi connectivity index (χ1) is 13.3. The van der Waals surface area contributed by atoms with E-state index in [1.165, 1.54) is 30.5 Å². The summed E-state index contributed by atoms with van der Waals surface area (Å²) in [5.41, 5.74) is 7.57. The Labute approximate surface area is 162 Å². The number of aryl methyl sites for hydroxylation is 1. The van der Waals surface area contributed by atoms with Gasteiger partial charge in [-0.15, -0.1) is 0 Å². The van der Waals surface area contributed by atoms with Gasteiger partial charge in [-0.1, -0.05) is 85.8 Å². The van der Waals surface area contributed by atoms with Gasteiger partial charge in [0.1, 0.15) is 0 Å². The van der Waals surface area contributed by atoms with Crippen LogP contribution < -0.4 is 4.90 Å². The van der Waals surface area contributed by atoms with Gasteiger partial charge in [0.2, 0.25) is 0 Å². The molecule has 0 saturated heterocycles. The number of benzene rings is 3. The lowest BCUT2D eigenvalue weighted by Crippen LogP contribution is -2.49. The van der Waals surface area contributed by atoms with Crippen LogP contribution in [0.25, 0.3) is 0 Å². The Hall–Kier alpha value is -2.54. The van der Waals surface area contributed by atoms with Crippen molar-refractivity contribution in [1.29, 1.82) is 0 Å². The Morgan fingerprint density at radius 2 is 1.59 bits per heavy atom. The summed E-state index contributed by atoms with van der Waals surface area (Å²) >= 11 is 0. The molecule has 0 N–H and O–H groups in total. The predicted octanol–water partition coefficient (Wildman–Crippen LogP) is 5.95. The lowest BCUT2D eigenvalue weighted by Gasteiger charge is -2.50. The summed E-state index contributed by atoms with van der Waals surface area (Å²) in [5, 5.41) is 0. The highest BCUT2D eigenvalue weighted by Gasteiger charge is 2.41. The summed E-state index contributed by atoms with van der Waals surface area (Å²) in [6.45, 7) is 3.62. The first-order valence-corrected chi connectivity index (χ1v) is 10.3. The fraction of sp³-hybridized carbons (Fsp3) is 0.308. The maximum Gasteiger partial charge on any atom is 0.0437 e. The zero-order valence-electron chi connectivity index (χ0n) is 16.0. The van der Waals surface area contributed by atoms with E-state index in [2.05, 4.69) is 90.7 Å². The van der Waals surface area contributed by atoms with E-state index in [0.29, 0.717) is 17.9 Å². The highest BCUT2D eigenvalue weighted by atomic mass is 15.2. The molecule has 0 fully saturated rings. The van der Waals surface area contributed by atoms with Gasteiger partial charge in [-0.2, -0.15) is 0 Å². The van der Waals surface area contributed by atoms with Crippen molar-refractivity contribution in [1.82, 2.24) is 0 Å². The number of hydrogen-bond acceptors (Lipinski definition) is 1. The second-order valence-corrected chi connectivity index (χ2v) is 8.13. The van der Waals surface area contributed by atoms with E-state index in [-0.39, 0.29) is 0 Å². The van der Waals surface area contributed by atoms with E-state index in [9.17, 15) is 0 Å². The van der Waals surface area contributed by atoms with Crippen LogP contribution in [-0.2, 0) is 12.8 Å². The van der Waals surface area contributed by atoms with Gasteiger partial charge in [0, 0.05) is 24.2 Å². The Morgan fingerprint density at radius 1 is 0.852 bits per heavy atom. The van der Waals surface area contributed by atoms with Gasteiger partial charge < -0.3 is 4.90 Å². The lowest BCUT2D eigenvalue weighted by molar-refractivity contribution is 0.402. The molecule has 0 bridgehead atoms. The number of nitrogens with zero attached hydrogens (tertiary/aromatic N) is 1. The summed E-state index contributed by atoms with van der Waals surface area (Å²) in [5.74, 6) is 1.05. The Kier molecular flexibility index (Phi) is 4.24. The second kappa shape index (κ2) is 6.88. The molecular weight excluding hydrogens is 326 g/mol. The minimum absolute atomic E-state index is 0.513. The molecule has 0 aromatic heterocycles. The molecule has 5 rings (SSSR count). The molecule has 0 amide bonds. The molecule has 1 heteroatoms. The molecule has 0 unspecified atom stereocenters. The number of anilines is 1. The molecule has 2 heterocycles. The van der Waals surface area contributed by atoms with Crippen LogP contribution in [0.3, 0.4) is 0 Å². The van der Waals surface area contributed by atoms with Crippen LogP contribution in [0, 0.1) is 0 Å². The van der Waals surface area contributed by atoms with Crippen LogP contribution in [0.4, 0.5) is 5.69 Å². The molecule has 0 radical (unpaired) electrons. The molecular formula is C26H27N. The van der Waals surface area contributed by atoms with Crippen molar-refractivity contribution in [3.05, 3.63) is 101 Å². The van der Waals surface area contributed by atoms with Crippen molar-refractivity contribution >= 4 is 5.69 Å². The largest absolute Gasteiger partial charge is 0.367 e. The number of rotatable bonds is 3. The third-order valence-electron chi connectivity index (χ3n) is 6.60. The van der Waals surface area contributed by atoms with E-state index in [1.807, 2.05) is 0 Å². The average molecular weight is 354 g/mol. The predicted molar refractivity (Wildman–Crippen MR) is 114 cm³/mol. The third-order valence-corrected chi connectivity index (χ3v) is 6.60. The molecule has 0 spiro atoms. The fourth-order valence-electron chi connectivity index (χ4n) is 5.41. The van der Waals surface area contributed by atoms with Gasteiger partial charge in [0.15, 0.2) is 0 Å². The normalized spacial score (nSPS) is 23.7. The maximum atomic E-state index is 2.75. The van der Waals surface area contributed by atoms with Gasteiger partial charge in [0.05, 0.1) is 0 Å². The number of para-hydroxylation sites is 1. The van der Waals surface area contributed by atoms with Crippen LogP contribution in [0.1, 0.15) is 47.4 Å². The Bertz CT molecular complexity index is 915. The van der Waals surface area contributed by atoms with Crippen LogP contribution in [0.2, 0.25) is 0 Å². The third kappa shape index (κ3) is 2.86. The van der Waals surface area contributed by atoms with Gasteiger partial charge in [-0.05, 0) is 47.4 Å². The van der Waals surface area contributed by atoms with Crippen molar-refractivity contribution in [3.63, 3.8) is 0 Å². The van der Waals surface area contributed by atoms with Crippen LogP contribution in [0.15, 0.2) is 78.9 Å². The first kappa shape index (κ1) is 16.6. The average Bonchev–Trinajstić information content (AvgIpc) is 2.73. The molecule has 1 nitrogen and oxygen atoms in total. The van der Waals surface area contributed by atoms with E-state index in [1.54, 1.807) is 16.8 Å². The standard InChI is InChI=1S/C26H27N/c1-19-23-16-8-14-22-15-9-17-27(26(22)23)24(18-20-10-4-2-5-11-20)25(19)21-12-6-3-7-13-21/h2-8,10-14,16,19,24-25H,9,15,17-18H2,1H3/t19-,24-,25-/m1/s1. The van der Waals surface area contributed by atoms with E-state index in [4.69, 9.17) is 0 Å². The monoisotopic (exact) mass is 353 g/mol. The van der Waals surface area contributed by atoms with Crippen molar-refractivity contribution in [2.24, 2.45) is 0 Å². The van der Waals surface area contributed by atoms with Crippen molar-refractivity contribution in [3.8, 4) is 0 Å². The first-order valence-electron chi connectivity index (χ1n) is 10.3. The lowest BCUT2D eigenvalue weighted by atomic mass is 9.70. The molecule has 2 aliphatic rings. The minimum Gasteiger partial charge on any atom is -0.367 e. The summed E-state index contributed by atoms with van der Waals surface area (Å²) in [7, 11) is 0. The summed E-state index contributed by atoms with van der Waals surface area (Å²) in [6, 6.07) is 29.7. The smallest absolute Gasteiger partial charge is 0.0437 e. The molecule has 3 aromatic rings. The van der Waals surface area contributed by atoms with Gasteiger partial charge >= 0.3 is 0 Å². The van der Waals surface area contributed by atoms with Gasteiger partial charge in [0.25, 0.3) is 0 Å². The second-order valence-electron chi connectivity index (χ2n) is 8.13. The molecule has 0 aliphatic carbocycles. The van der Waals surface area contributed by atoms with Crippen molar-refractivity contribution in [2.45, 2.75) is 44.1 Å². The zero-order chi connectivity index (χ0) is 18.2. The molecule has 3 aromatic carbocycles. The zero-order valence-corrected chi connectivity index (χ0v) is 16.0. The molecule has 2 aliphatic heterocycles. The van der Waals surface area contributed by atoms with Crippen molar-refractivity contribution < 1.29 is 0 Å². The summed E-state index contributed by atoms with van der Waals surface area (Å²) in [6.07, 6.45) is 3.59. The van der Waals surface area contributed by atoms with Crippen LogP contribution in [0.5, 0.6) is 0 Å². The Balaban J connectivity index is 1.65. The van der Waals surface area contributed by atoms with E-state index >= 15 is 0 Å². The van der Waals surface area contributed by atoms with Crippen LogP contribution >= 0.6 is 0 Å². The maximum absolute atomic E-state index is 2.75. The molecule has 3 atom stereocenters. The molecule has 27 heavy (non-hydrogen) atoms. The number of hydrogen-bond donors (Lipinski definition) is 0. The fourth-order valence-corrected chi connectivity index (χ4v) is 5.41. The molecule has 136 valence electrons. The molecule has 0 saturated carbocycles. The summed E-state index contributed by atoms with van der Waals surface area (Å²) < 4.78 is 0. The summed E-state index contributed by atoms with van der Waals surface area (Å²) in [4.78, 5) is 2.75. The van der Waals surface area contributed by atoms with E-state index < -0.39 is 0 Å².